The molecule has 3 unspecified atom stereocenters. The lowest BCUT2D eigenvalue weighted by atomic mass is 9.99. The molecule has 9 nitrogen and oxygen atoms in total. The SMILES string of the molecule is CC(C)CCCCCCCCCC1CC(=O)NCC(=O)NC(CCCCN)C(=O)NC(C(C)C)C(=O)N1. The maximum absolute atomic E-state index is 13.2. The van der Waals surface area contributed by atoms with Gasteiger partial charge in [-0.25, -0.2) is 0 Å². The molecular weight excluding hydrogens is 470 g/mol. The fourth-order valence-corrected chi connectivity index (χ4v) is 4.61. The Hall–Kier alpha value is -2.16. The lowest BCUT2D eigenvalue weighted by Gasteiger charge is -2.27. The predicted octanol–water partition coefficient (Wildman–Crippen LogP) is 2.91. The Kier molecular flexibility index (Phi) is 16.9. The number of rotatable bonds is 15. The van der Waals surface area contributed by atoms with Gasteiger partial charge in [0, 0.05) is 12.5 Å². The first kappa shape index (κ1) is 32.9. The van der Waals surface area contributed by atoms with E-state index >= 15 is 0 Å². The van der Waals surface area contributed by atoms with Crippen molar-refractivity contribution in [2.45, 2.75) is 129 Å². The Morgan fingerprint density at radius 1 is 0.730 bits per heavy atom. The molecule has 0 spiro atoms. The molecule has 0 aromatic carbocycles. The van der Waals surface area contributed by atoms with Gasteiger partial charge in [0.25, 0.3) is 0 Å². The Morgan fingerprint density at radius 2 is 1.35 bits per heavy atom. The molecule has 37 heavy (non-hydrogen) atoms. The smallest absolute Gasteiger partial charge is 0.243 e. The number of carbonyl (C=O) groups is 4. The molecule has 1 aliphatic rings. The van der Waals surface area contributed by atoms with Crippen LogP contribution in [-0.2, 0) is 19.2 Å². The van der Waals surface area contributed by atoms with Crippen molar-refractivity contribution in [1.29, 1.82) is 0 Å². The second-order valence-electron chi connectivity index (χ2n) is 11.3. The third-order valence-corrected chi connectivity index (χ3v) is 6.90. The first-order valence-corrected chi connectivity index (χ1v) is 14.5. The van der Waals surface area contributed by atoms with E-state index in [1.165, 1.54) is 32.1 Å². The van der Waals surface area contributed by atoms with Crippen molar-refractivity contribution in [1.82, 2.24) is 21.3 Å². The Bertz CT molecular complexity index is 698. The average molecular weight is 524 g/mol. The monoisotopic (exact) mass is 523 g/mol. The van der Waals surface area contributed by atoms with Gasteiger partial charge < -0.3 is 27.0 Å². The van der Waals surface area contributed by atoms with Crippen molar-refractivity contribution in [3.05, 3.63) is 0 Å². The first-order valence-electron chi connectivity index (χ1n) is 14.5. The van der Waals surface area contributed by atoms with Crippen LogP contribution in [-0.4, -0.2) is 54.8 Å². The Balaban J connectivity index is 2.73. The molecule has 0 aromatic rings. The number of unbranched alkanes of at least 4 members (excludes halogenated alkanes) is 7. The van der Waals surface area contributed by atoms with Crippen LogP contribution < -0.4 is 27.0 Å². The van der Waals surface area contributed by atoms with E-state index in [2.05, 4.69) is 35.1 Å². The Morgan fingerprint density at radius 3 is 1.97 bits per heavy atom. The van der Waals surface area contributed by atoms with Crippen LogP contribution in [0, 0.1) is 11.8 Å². The quantitative estimate of drug-likeness (QED) is 0.210. The summed E-state index contributed by atoms with van der Waals surface area (Å²) in [7, 11) is 0. The van der Waals surface area contributed by atoms with E-state index in [1.54, 1.807) is 0 Å². The molecule has 0 aromatic heterocycles. The summed E-state index contributed by atoms with van der Waals surface area (Å²) in [5, 5.41) is 11.2. The zero-order valence-electron chi connectivity index (χ0n) is 23.7. The fraction of sp³-hybridized carbons (Fsp3) is 0.857. The molecule has 0 bridgehead atoms. The van der Waals surface area contributed by atoms with Gasteiger partial charge in [-0.05, 0) is 44.1 Å². The minimum absolute atomic E-state index is 0.104. The van der Waals surface area contributed by atoms with E-state index in [0.29, 0.717) is 25.8 Å². The van der Waals surface area contributed by atoms with Crippen LogP contribution in [0.2, 0.25) is 0 Å². The molecule has 0 aliphatic carbocycles. The molecule has 9 heteroatoms. The van der Waals surface area contributed by atoms with Crippen molar-refractivity contribution in [3.8, 4) is 0 Å². The average Bonchev–Trinajstić information content (AvgIpc) is 2.83. The van der Waals surface area contributed by atoms with Gasteiger partial charge in [0.2, 0.25) is 23.6 Å². The molecular formula is C28H53N5O4. The second-order valence-corrected chi connectivity index (χ2v) is 11.3. The summed E-state index contributed by atoms with van der Waals surface area (Å²) < 4.78 is 0. The third-order valence-electron chi connectivity index (χ3n) is 6.90. The first-order chi connectivity index (χ1) is 17.6. The van der Waals surface area contributed by atoms with Crippen molar-refractivity contribution < 1.29 is 19.2 Å². The largest absolute Gasteiger partial charge is 0.351 e. The van der Waals surface area contributed by atoms with E-state index in [1.807, 2.05) is 13.8 Å². The van der Waals surface area contributed by atoms with Crippen LogP contribution in [0.4, 0.5) is 0 Å². The highest BCUT2D eigenvalue weighted by Crippen LogP contribution is 2.15. The normalized spacial score (nSPS) is 22.0. The molecule has 3 atom stereocenters. The number of hydrogen-bond donors (Lipinski definition) is 5. The van der Waals surface area contributed by atoms with Crippen molar-refractivity contribution >= 4 is 23.6 Å². The molecule has 1 saturated heterocycles. The van der Waals surface area contributed by atoms with E-state index < -0.39 is 23.9 Å². The molecule has 1 heterocycles. The molecule has 4 amide bonds. The minimum Gasteiger partial charge on any atom is -0.351 e. The highest BCUT2D eigenvalue weighted by Gasteiger charge is 2.30. The van der Waals surface area contributed by atoms with Crippen LogP contribution >= 0.6 is 0 Å². The molecule has 1 fully saturated rings. The van der Waals surface area contributed by atoms with Crippen molar-refractivity contribution in [2.24, 2.45) is 17.6 Å². The minimum atomic E-state index is -0.785. The number of amides is 4. The van der Waals surface area contributed by atoms with Gasteiger partial charge in [0.05, 0.1) is 6.54 Å². The Labute approximate surface area is 224 Å². The summed E-state index contributed by atoms with van der Waals surface area (Å²) in [4.78, 5) is 51.2. The lowest BCUT2D eigenvalue weighted by Crippen LogP contribution is -2.56. The van der Waals surface area contributed by atoms with Gasteiger partial charge in [-0.2, -0.15) is 0 Å². The van der Waals surface area contributed by atoms with Crippen LogP contribution in [0.15, 0.2) is 0 Å². The molecule has 0 saturated carbocycles. The number of hydrogen-bond acceptors (Lipinski definition) is 5. The van der Waals surface area contributed by atoms with Gasteiger partial charge in [0.15, 0.2) is 0 Å². The summed E-state index contributed by atoms with van der Waals surface area (Å²) in [5.74, 6) is -0.786. The summed E-state index contributed by atoms with van der Waals surface area (Å²) in [6.07, 6.45) is 12.0. The van der Waals surface area contributed by atoms with Gasteiger partial charge in [-0.3, -0.25) is 19.2 Å². The predicted molar refractivity (Wildman–Crippen MR) is 148 cm³/mol. The van der Waals surface area contributed by atoms with Gasteiger partial charge in [-0.1, -0.05) is 79.1 Å². The summed E-state index contributed by atoms with van der Waals surface area (Å²) >= 11 is 0. The molecule has 1 rings (SSSR count). The highest BCUT2D eigenvalue weighted by atomic mass is 16.2. The highest BCUT2D eigenvalue weighted by molar-refractivity contribution is 5.94. The standard InChI is InChI=1S/C28H53N5O4/c1-20(2)14-10-8-6-5-7-9-11-15-22-18-24(34)30-19-25(35)32-23(16-12-13-17-29)27(36)33-26(21(3)4)28(37)31-22/h20-23,26H,5-19,29H2,1-4H3,(H,30,34)(H,31,37)(H,32,35)(H,33,36). The van der Waals surface area contributed by atoms with Crippen LogP contribution in [0.5, 0.6) is 0 Å². The topological polar surface area (TPSA) is 142 Å². The molecule has 6 N–H and O–H groups in total. The van der Waals surface area contributed by atoms with Gasteiger partial charge >= 0.3 is 0 Å². The van der Waals surface area contributed by atoms with Crippen LogP contribution in [0.25, 0.3) is 0 Å². The maximum atomic E-state index is 13.2. The van der Waals surface area contributed by atoms with E-state index in [0.717, 1.165) is 31.6 Å². The van der Waals surface area contributed by atoms with Gasteiger partial charge in [-0.15, -0.1) is 0 Å². The van der Waals surface area contributed by atoms with Crippen LogP contribution in [0.1, 0.15) is 111 Å². The summed E-state index contributed by atoms with van der Waals surface area (Å²) in [5.41, 5.74) is 5.57. The zero-order chi connectivity index (χ0) is 27.6. The number of nitrogens with two attached hydrogens (primary N) is 1. The number of carbonyl (C=O) groups excluding carboxylic acids is 4. The van der Waals surface area contributed by atoms with Gasteiger partial charge in [0.1, 0.15) is 12.1 Å². The number of nitrogens with one attached hydrogen (secondary N) is 4. The lowest BCUT2D eigenvalue weighted by molar-refractivity contribution is -0.133. The molecule has 1 aliphatic heterocycles. The van der Waals surface area contributed by atoms with E-state index in [-0.39, 0.29) is 36.7 Å². The third kappa shape index (κ3) is 15.0. The summed E-state index contributed by atoms with van der Waals surface area (Å²) in [6.45, 7) is 8.55. The van der Waals surface area contributed by atoms with Crippen LogP contribution in [0.3, 0.4) is 0 Å². The fourth-order valence-electron chi connectivity index (χ4n) is 4.61. The van der Waals surface area contributed by atoms with E-state index in [4.69, 9.17) is 5.73 Å². The van der Waals surface area contributed by atoms with Crippen molar-refractivity contribution in [2.75, 3.05) is 13.1 Å². The molecule has 0 radical (unpaired) electrons. The van der Waals surface area contributed by atoms with Crippen molar-refractivity contribution in [3.63, 3.8) is 0 Å². The second kappa shape index (κ2) is 19.0. The summed E-state index contributed by atoms with van der Waals surface area (Å²) in [6, 6.07) is -1.88. The zero-order valence-corrected chi connectivity index (χ0v) is 23.7. The maximum Gasteiger partial charge on any atom is 0.243 e. The van der Waals surface area contributed by atoms with E-state index in [9.17, 15) is 19.2 Å². The molecule has 214 valence electrons.